The van der Waals surface area contributed by atoms with Gasteiger partial charge in [0.15, 0.2) is 0 Å². The molecule has 0 aliphatic carbocycles. The van der Waals surface area contributed by atoms with E-state index >= 15 is 0 Å². The van der Waals surface area contributed by atoms with Gasteiger partial charge >= 0.3 is 12.1 Å². The summed E-state index contributed by atoms with van der Waals surface area (Å²) in [4.78, 5) is 12.5. The topological polar surface area (TPSA) is 40.5 Å². The molecule has 94 valence electrons. The molecule has 0 radical (unpaired) electrons. The zero-order valence-electron chi connectivity index (χ0n) is 9.38. The van der Waals surface area contributed by atoms with E-state index in [4.69, 9.17) is 5.11 Å². The minimum absolute atomic E-state index is 0.443. The van der Waals surface area contributed by atoms with Crippen LogP contribution in [0.15, 0.2) is 18.2 Å². The summed E-state index contributed by atoms with van der Waals surface area (Å²) < 4.78 is 37.6. The highest BCUT2D eigenvalue weighted by atomic mass is 19.4. The fraction of sp³-hybridized carbons (Fsp3) is 0.364. The number of carbonyl (C=O) groups is 1. The van der Waals surface area contributed by atoms with Crippen LogP contribution in [-0.4, -0.2) is 24.7 Å². The van der Waals surface area contributed by atoms with E-state index in [1.54, 1.807) is 11.9 Å². The Bertz CT molecular complexity index is 429. The second kappa shape index (κ2) is 4.65. The van der Waals surface area contributed by atoms with E-state index in [0.29, 0.717) is 12.2 Å². The summed E-state index contributed by atoms with van der Waals surface area (Å²) >= 11 is 0. The third-order valence-corrected chi connectivity index (χ3v) is 2.45. The van der Waals surface area contributed by atoms with E-state index in [-0.39, 0.29) is 0 Å². The van der Waals surface area contributed by atoms with Gasteiger partial charge in [0.25, 0.3) is 0 Å². The first-order valence-corrected chi connectivity index (χ1v) is 4.93. The van der Waals surface area contributed by atoms with E-state index < -0.39 is 23.3 Å². The molecule has 3 nitrogen and oxygen atoms in total. The Morgan fingerprint density at radius 1 is 1.41 bits per heavy atom. The second-order valence-corrected chi connectivity index (χ2v) is 3.55. The van der Waals surface area contributed by atoms with Gasteiger partial charge in [-0.15, -0.1) is 0 Å². The van der Waals surface area contributed by atoms with E-state index in [1.807, 2.05) is 6.92 Å². The molecule has 0 atom stereocenters. The predicted molar refractivity (Wildman–Crippen MR) is 57.3 cm³/mol. The quantitative estimate of drug-likeness (QED) is 0.892. The van der Waals surface area contributed by atoms with Gasteiger partial charge in [-0.05, 0) is 25.1 Å². The lowest BCUT2D eigenvalue weighted by atomic mass is 10.1. The van der Waals surface area contributed by atoms with E-state index in [9.17, 15) is 18.0 Å². The van der Waals surface area contributed by atoms with Crippen molar-refractivity contribution >= 4 is 11.7 Å². The van der Waals surface area contributed by atoms with Crippen molar-refractivity contribution in [3.63, 3.8) is 0 Å². The summed E-state index contributed by atoms with van der Waals surface area (Å²) in [5.74, 6) is -1.58. The number of hydrogen-bond acceptors (Lipinski definition) is 2. The minimum Gasteiger partial charge on any atom is -0.478 e. The van der Waals surface area contributed by atoms with E-state index in [2.05, 4.69) is 0 Å². The molecule has 0 amide bonds. The molecule has 0 aliphatic heterocycles. The maximum atomic E-state index is 12.5. The molecule has 0 aromatic heterocycles. The summed E-state index contributed by atoms with van der Waals surface area (Å²) in [7, 11) is 1.67. The molecule has 6 heteroatoms. The number of carboxylic acid groups (broad SMARTS) is 1. The maximum Gasteiger partial charge on any atom is 0.417 e. The summed E-state index contributed by atoms with van der Waals surface area (Å²) in [5.41, 5.74) is -1.41. The standard InChI is InChI=1S/C11H12F3NO2/c1-3-15(2)7-4-5-9(11(12,13)14)8(6-7)10(16)17/h4-6H,3H2,1-2H3,(H,16,17). The van der Waals surface area contributed by atoms with Crippen LogP contribution in [0.4, 0.5) is 18.9 Å². The SMILES string of the molecule is CCN(C)c1ccc(C(F)(F)F)c(C(=O)O)c1. The zero-order chi connectivity index (χ0) is 13.2. The molecule has 1 aromatic carbocycles. The number of hydrogen-bond donors (Lipinski definition) is 1. The smallest absolute Gasteiger partial charge is 0.417 e. The highest BCUT2D eigenvalue weighted by Gasteiger charge is 2.35. The Morgan fingerprint density at radius 3 is 2.41 bits per heavy atom. The molecule has 0 saturated carbocycles. The van der Waals surface area contributed by atoms with Gasteiger partial charge in [-0.25, -0.2) is 4.79 Å². The van der Waals surface area contributed by atoms with Crippen LogP contribution in [0.2, 0.25) is 0 Å². The monoisotopic (exact) mass is 247 g/mol. The molecule has 0 aliphatic rings. The van der Waals surface area contributed by atoms with Gasteiger partial charge in [-0.1, -0.05) is 0 Å². The van der Waals surface area contributed by atoms with E-state index in [1.165, 1.54) is 6.07 Å². The van der Waals surface area contributed by atoms with Crippen molar-refractivity contribution in [3.8, 4) is 0 Å². The fourth-order valence-corrected chi connectivity index (χ4v) is 1.38. The largest absolute Gasteiger partial charge is 0.478 e. The third-order valence-electron chi connectivity index (χ3n) is 2.45. The number of nitrogens with zero attached hydrogens (tertiary/aromatic N) is 1. The van der Waals surface area contributed by atoms with Gasteiger partial charge in [0, 0.05) is 19.3 Å². The van der Waals surface area contributed by atoms with Crippen molar-refractivity contribution in [1.29, 1.82) is 0 Å². The molecule has 0 unspecified atom stereocenters. The zero-order valence-corrected chi connectivity index (χ0v) is 9.38. The maximum absolute atomic E-state index is 12.5. The number of halogens is 3. The van der Waals surface area contributed by atoms with Gasteiger partial charge in [0.05, 0.1) is 11.1 Å². The predicted octanol–water partition coefficient (Wildman–Crippen LogP) is 2.86. The summed E-state index contributed by atoms with van der Waals surface area (Å²) in [6.45, 7) is 2.39. The molecule has 1 rings (SSSR count). The molecule has 0 heterocycles. The Hall–Kier alpha value is -1.72. The molecule has 1 N–H and O–H groups in total. The molecule has 17 heavy (non-hydrogen) atoms. The van der Waals surface area contributed by atoms with Crippen LogP contribution < -0.4 is 4.90 Å². The van der Waals surface area contributed by atoms with Crippen LogP contribution in [0.3, 0.4) is 0 Å². The van der Waals surface area contributed by atoms with Crippen molar-refractivity contribution in [1.82, 2.24) is 0 Å². The third kappa shape index (κ3) is 2.89. The number of aromatic carboxylic acids is 1. The van der Waals surface area contributed by atoms with Crippen LogP contribution in [0.1, 0.15) is 22.8 Å². The summed E-state index contributed by atoms with van der Waals surface area (Å²) in [5, 5.41) is 8.79. The van der Waals surface area contributed by atoms with Gasteiger partial charge in [0.2, 0.25) is 0 Å². The lowest BCUT2D eigenvalue weighted by Crippen LogP contribution is -2.18. The van der Waals surface area contributed by atoms with Crippen molar-refractivity contribution in [2.45, 2.75) is 13.1 Å². The molecular formula is C11H12F3NO2. The summed E-state index contributed by atoms with van der Waals surface area (Å²) in [6, 6.07) is 3.10. The van der Waals surface area contributed by atoms with Crippen molar-refractivity contribution in [3.05, 3.63) is 29.3 Å². The first-order valence-electron chi connectivity index (χ1n) is 4.93. The first kappa shape index (κ1) is 13.3. The Balaban J connectivity index is 3.32. The lowest BCUT2D eigenvalue weighted by molar-refractivity contribution is -0.138. The number of benzene rings is 1. The molecule has 1 aromatic rings. The van der Waals surface area contributed by atoms with Crippen LogP contribution in [0.5, 0.6) is 0 Å². The van der Waals surface area contributed by atoms with Gasteiger partial charge in [0.1, 0.15) is 0 Å². The number of carboxylic acids is 1. The van der Waals surface area contributed by atoms with Gasteiger partial charge in [-0.3, -0.25) is 0 Å². The Labute approximate surface area is 96.5 Å². The van der Waals surface area contributed by atoms with Gasteiger partial charge in [-0.2, -0.15) is 13.2 Å². The number of rotatable bonds is 3. The van der Waals surface area contributed by atoms with E-state index in [0.717, 1.165) is 12.1 Å². The molecule has 0 spiro atoms. The lowest BCUT2D eigenvalue weighted by Gasteiger charge is -2.19. The van der Waals surface area contributed by atoms with Crippen LogP contribution in [-0.2, 0) is 6.18 Å². The second-order valence-electron chi connectivity index (χ2n) is 3.55. The Morgan fingerprint density at radius 2 is 2.00 bits per heavy atom. The molecule has 0 fully saturated rings. The van der Waals surface area contributed by atoms with Crippen LogP contribution >= 0.6 is 0 Å². The number of alkyl halides is 3. The molecule has 0 bridgehead atoms. The highest BCUT2D eigenvalue weighted by molar-refractivity contribution is 5.91. The number of anilines is 1. The van der Waals surface area contributed by atoms with Gasteiger partial charge < -0.3 is 10.0 Å². The van der Waals surface area contributed by atoms with Crippen LogP contribution in [0, 0.1) is 0 Å². The average molecular weight is 247 g/mol. The minimum atomic E-state index is -4.66. The first-order chi connectivity index (χ1) is 7.77. The molecular weight excluding hydrogens is 235 g/mol. The summed E-state index contributed by atoms with van der Waals surface area (Å²) in [6.07, 6.45) is -4.66. The highest BCUT2D eigenvalue weighted by Crippen LogP contribution is 2.33. The normalized spacial score (nSPS) is 11.4. The van der Waals surface area contributed by atoms with Crippen molar-refractivity contribution < 1.29 is 23.1 Å². The van der Waals surface area contributed by atoms with Crippen molar-refractivity contribution in [2.75, 3.05) is 18.5 Å². The fourth-order valence-electron chi connectivity index (χ4n) is 1.38. The Kier molecular flexibility index (Phi) is 3.65. The van der Waals surface area contributed by atoms with Crippen molar-refractivity contribution in [2.24, 2.45) is 0 Å². The molecule has 0 saturated heterocycles. The average Bonchev–Trinajstić information content (AvgIpc) is 2.25. The van der Waals surface area contributed by atoms with Crippen LogP contribution in [0.25, 0.3) is 0 Å².